The first-order chi connectivity index (χ1) is 4.75. The highest BCUT2D eigenvalue weighted by molar-refractivity contribution is 4.95. The van der Waals surface area contributed by atoms with Gasteiger partial charge in [-0.2, -0.15) is 0 Å². The highest BCUT2D eigenvalue weighted by Crippen LogP contribution is 2.26. The predicted octanol–water partition coefficient (Wildman–Crippen LogP) is 0.298. The molecule has 1 N–H and O–H groups in total. The molecule has 0 aromatic heterocycles. The van der Waals surface area contributed by atoms with E-state index in [0.29, 0.717) is 0 Å². The van der Waals surface area contributed by atoms with Gasteiger partial charge in [-0.25, -0.2) is 0 Å². The Labute approximate surface area is 62.6 Å². The Bertz CT molecular complexity index is 107. The van der Waals surface area contributed by atoms with Crippen molar-refractivity contribution in [2.45, 2.75) is 25.4 Å². The molecule has 2 heterocycles. The van der Waals surface area contributed by atoms with E-state index >= 15 is 0 Å². The summed E-state index contributed by atoms with van der Waals surface area (Å²) in [5, 5.41) is 3.60. The van der Waals surface area contributed by atoms with Crippen LogP contribution in [0.4, 0.5) is 0 Å². The van der Waals surface area contributed by atoms with Gasteiger partial charge in [-0.3, -0.25) is 0 Å². The van der Waals surface area contributed by atoms with Crippen molar-refractivity contribution in [1.82, 2.24) is 10.2 Å². The molecule has 0 saturated carbocycles. The van der Waals surface area contributed by atoms with Crippen LogP contribution in [-0.4, -0.2) is 37.1 Å². The second kappa shape index (κ2) is 2.21. The third-order valence-electron chi connectivity index (χ3n) is 2.78. The number of likely N-dealkylation sites (N-methyl/N-ethyl adjacent to an activating group) is 1. The number of hydrogen-bond acceptors (Lipinski definition) is 2. The fourth-order valence-corrected chi connectivity index (χ4v) is 2.40. The van der Waals surface area contributed by atoms with Crippen molar-refractivity contribution in [1.29, 1.82) is 0 Å². The summed E-state index contributed by atoms with van der Waals surface area (Å²) in [5.74, 6) is 0.944. The quantitative estimate of drug-likeness (QED) is 0.520. The van der Waals surface area contributed by atoms with Gasteiger partial charge in [0.05, 0.1) is 0 Å². The summed E-state index contributed by atoms with van der Waals surface area (Å²) in [5.41, 5.74) is 0. The lowest BCUT2D eigenvalue weighted by molar-refractivity contribution is 0.370. The number of hydrogen-bond donors (Lipinski definition) is 1. The molecule has 10 heavy (non-hydrogen) atoms. The van der Waals surface area contributed by atoms with Crippen LogP contribution in [0.2, 0.25) is 0 Å². The summed E-state index contributed by atoms with van der Waals surface area (Å²) >= 11 is 0. The molecule has 2 rings (SSSR count). The summed E-state index contributed by atoms with van der Waals surface area (Å²) in [4.78, 5) is 2.42. The minimum absolute atomic E-state index is 0.767. The molecule has 0 radical (unpaired) electrons. The zero-order valence-electron chi connectivity index (χ0n) is 6.80. The second-order valence-electron chi connectivity index (χ2n) is 3.89. The molecular weight excluding hydrogens is 124 g/mol. The molecule has 3 atom stereocenters. The summed E-state index contributed by atoms with van der Waals surface area (Å²) in [6.07, 6.45) is 1.38. The molecule has 0 aromatic carbocycles. The van der Waals surface area contributed by atoms with Crippen LogP contribution < -0.4 is 5.32 Å². The van der Waals surface area contributed by atoms with Gasteiger partial charge in [0.2, 0.25) is 0 Å². The van der Waals surface area contributed by atoms with Crippen molar-refractivity contribution < 1.29 is 0 Å². The van der Waals surface area contributed by atoms with Crippen LogP contribution in [0.3, 0.4) is 0 Å². The van der Waals surface area contributed by atoms with Crippen molar-refractivity contribution in [3.8, 4) is 0 Å². The first-order valence-corrected chi connectivity index (χ1v) is 4.20. The van der Waals surface area contributed by atoms with Crippen molar-refractivity contribution >= 4 is 0 Å². The smallest absolute Gasteiger partial charge is 0.0238 e. The van der Waals surface area contributed by atoms with Gasteiger partial charge < -0.3 is 10.2 Å². The monoisotopic (exact) mass is 140 g/mol. The van der Waals surface area contributed by atoms with E-state index in [2.05, 4.69) is 24.2 Å². The zero-order valence-corrected chi connectivity index (χ0v) is 6.80. The van der Waals surface area contributed by atoms with Crippen LogP contribution in [-0.2, 0) is 0 Å². The highest BCUT2D eigenvalue weighted by Gasteiger charge is 2.37. The van der Waals surface area contributed by atoms with Gasteiger partial charge in [0, 0.05) is 25.2 Å². The van der Waals surface area contributed by atoms with Crippen LogP contribution in [0.25, 0.3) is 0 Å². The van der Waals surface area contributed by atoms with Gasteiger partial charge in [0.25, 0.3) is 0 Å². The van der Waals surface area contributed by atoms with Crippen molar-refractivity contribution in [3.05, 3.63) is 0 Å². The molecule has 0 bridgehead atoms. The third-order valence-corrected chi connectivity index (χ3v) is 2.78. The Kier molecular flexibility index (Phi) is 1.46. The lowest BCUT2D eigenvalue weighted by Gasteiger charge is -2.11. The van der Waals surface area contributed by atoms with Gasteiger partial charge in [-0.1, -0.05) is 0 Å². The molecule has 0 spiro atoms. The van der Waals surface area contributed by atoms with E-state index in [-0.39, 0.29) is 0 Å². The Morgan fingerprint density at radius 2 is 2.20 bits per heavy atom. The lowest BCUT2D eigenvalue weighted by Crippen LogP contribution is -2.32. The number of rotatable bonds is 0. The molecule has 0 aliphatic carbocycles. The van der Waals surface area contributed by atoms with Crippen LogP contribution in [0.5, 0.6) is 0 Å². The minimum atomic E-state index is 0.767. The summed E-state index contributed by atoms with van der Waals surface area (Å²) in [7, 11) is 2.21. The zero-order chi connectivity index (χ0) is 7.14. The van der Waals surface area contributed by atoms with Crippen molar-refractivity contribution in [2.75, 3.05) is 20.1 Å². The van der Waals surface area contributed by atoms with E-state index in [0.717, 1.165) is 18.0 Å². The summed E-state index contributed by atoms with van der Waals surface area (Å²) < 4.78 is 0. The molecule has 2 heteroatoms. The van der Waals surface area contributed by atoms with E-state index < -0.39 is 0 Å². The van der Waals surface area contributed by atoms with Gasteiger partial charge in [-0.05, 0) is 26.3 Å². The normalized spacial score (nSPS) is 48.0. The number of fused-ring (bicyclic) bond motifs is 1. The largest absolute Gasteiger partial charge is 0.310 e. The highest BCUT2D eigenvalue weighted by atomic mass is 15.2. The lowest BCUT2D eigenvalue weighted by atomic mass is 10.0. The van der Waals surface area contributed by atoms with Crippen LogP contribution in [0, 0.1) is 5.92 Å². The molecule has 2 fully saturated rings. The Morgan fingerprint density at radius 3 is 2.90 bits per heavy atom. The molecule has 58 valence electrons. The van der Waals surface area contributed by atoms with Gasteiger partial charge in [0.15, 0.2) is 0 Å². The fourth-order valence-electron chi connectivity index (χ4n) is 2.40. The van der Waals surface area contributed by atoms with Crippen molar-refractivity contribution in [3.63, 3.8) is 0 Å². The van der Waals surface area contributed by atoms with Crippen LogP contribution in [0.1, 0.15) is 13.3 Å². The average molecular weight is 140 g/mol. The molecule has 2 nitrogen and oxygen atoms in total. The molecular formula is C8H16N2. The van der Waals surface area contributed by atoms with E-state index in [4.69, 9.17) is 0 Å². The van der Waals surface area contributed by atoms with Gasteiger partial charge in [0.1, 0.15) is 0 Å². The number of nitrogens with one attached hydrogen (secondary N) is 1. The second-order valence-corrected chi connectivity index (χ2v) is 3.89. The maximum atomic E-state index is 3.60. The van der Waals surface area contributed by atoms with Gasteiger partial charge >= 0.3 is 0 Å². The average Bonchev–Trinajstić information content (AvgIpc) is 2.21. The van der Waals surface area contributed by atoms with Crippen molar-refractivity contribution in [2.24, 2.45) is 5.92 Å². The van der Waals surface area contributed by atoms with Crippen LogP contribution >= 0.6 is 0 Å². The maximum Gasteiger partial charge on any atom is 0.0238 e. The molecule has 2 aliphatic heterocycles. The maximum absolute atomic E-state index is 3.60. The predicted molar refractivity (Wildman–Crippen MR) is 42.0 cm³/mol. The third kappa shape index (κ3) is 0.956. The van der Waals surface area contributed by atoms with E-state index in [1.165, 1.54) is 19.5 Å². The van der Waals surface area contributed by atoms with E-state index in [1.54, 1.807) is 0 Å². The standard InChI is InChI=1S/C8H16N2/c1-6-3-7-4-10(2)5-8(7)9-6/h6-9H,3-5H2,1-2H3/t6-,7-,8-/m0/s1. The minimum Gasteiger partial charge on any atom is -0.310 e. The van der Waals surface area contributed by atoms with E-state index in [9.17, 15) is 0 Å². The van der Waals surface area contributed by atoms with E-state index in [1.807, 2.05) is 0 Å². The molecule has 0 amide bonds. The Hall–Kier alpha value is -0.0800. The van der Waals surface area contributed by atoms with Gasteiger partial charge in [-0.15, -0.1) is 0 Å². The first kappa shape index (κ1) is 6.62. The fraction of sp³-hybridized carbons (Fsp3) is 1.00. The summed E-state index contributed by atoms with van der Waals surface area (Å²) in [6.45, 7) is 4.86. The molecule has 0 unspecified atom stereocenters. The Balaban J connectivity index is 2.00. The first-order valence-electron chi connectivity index (χ1n) is 4.20. The topological polar surface area (TPSA) is 15.3 Å². The number of nitrogens with zero attached hydrogens (tertiary/aromatic N) is 1. The molecule has 0 aromatic rings. The SMILES string of the molecule is C[C@H]1C[C@H]2CN(C)C[C@@H]2N1. The van der Waals surface area contributed by atoms with Crippen LogP contribution in [0.15, 0.2) is 0 Å². The molecule has 2 saturated heterocycles. The summed E-state index contributed by atoms with van der Waals surface area (Å²) in [6, 6.07) is 1.57. The Morgan fingerprint density at radius 1 is 1.40 bits per heavy atom. The molecule has 2 aliphatic rings. The number of likely N-dealkylation sites (tertiary alicyclic amines) is 1.